The van der Waals surface area contributed by atoms with Gasteiger partial charge in [0.05, 0.1) is 5.60 Å². The highest BCUT2D eigenvalue weighted by Crippen LogP contribution is 2.46. The lowest BCUT2D eigenvalue weighted by atomic mass is 9.68. The zero-order chi connectivity index (χ0) is 13.1. The van der Waals surface area contributed by atoms with E-state index < -0.39 is 0 Å². The summed E-state index contributed by atoms with van der Waals surface area (Å²) in [5, 5.41) is 0. The molecule has 2 atom stereocenters. The van der Waals surface area contributed by atoms with Crippen LogP contribution in [0.4, 0.5) is 0 Å². The van der Waals surface area contributed by atoms with E-state index in [0.29, 0.717) is 6.04 Å². The highest BCUT2D eigenvalue weighted by molar-refractivity contribution is 4.97. The second-order valence-corrected chi connectivity index (χ2v) is 7.32. The van der Waals surface area contributed by atoms with Crippen LogP contribution in [0.25, 0.3) is 0 Å². The average Bonchev–Trinajstić information content (AvgIpc) is 2.36. The van der Waals surface area contributed by atoms with Crippen LogP contribution in [0.3, 0.4) is 0 Å². The van der Waals surface area contributed by atoms with Crippen molar-refractivity contribution >= 4 is 0 Å². The summed E-state index contributed by atoms with van der Waals surface area (Å²) >= 11 is 0. The van der Waals surface area contributed by atoms with Gasteiger partial charge in [-0.3, -0.25) is 0 Å². The predicted molar refractivity (Wildman–Crippen MR) is 79.0 cm³/mol. The van der Waals surface area contributed by atoms with Gasteiger partial charge in [0.25, 0.3) is 0 Å². The van der Waals surface area contributed by atoms with Gasteiger partial charge in [0, 0.05) is 12.6 Å². The molecular formula is C17H31NO. The smallest absolute Gasteiger partial charge is 0.0685 e. The third-order valence-electron chi connectivity index (χ3n) is 6.03. The molecule has 3 aliphatic rings. The van der Waals surface area contributed by atoms with Crippen molar-refractivity contribution in [2.45, 2.75) is 88.7 Å². The molecule has 0 aromatic rings. The Morgan fingerprint density at radius 2 is 1.53 bits per heavy atom. The molecular weight excluding hydrogens is 234 g/mol. The normalized spacial score (nSPS) is 34.3. The Labute approximate surface area is 118 Å². The molecule has 2 heteroatoms. The van der Waals surface area contributed by atoms with Gasteiger partial charge in [-0.05, 0) is 56.8 Å². The van der Waals surface area contributed by atoms with Gasteiger partial charge >= 0.3 is 0 Å². The number of ether oxygens (including phenoxy) is 1. The van der Waals surface area contributed by atoms with Crippen LogP contribution in [-0.4, -0.2) is 18.2 Å². The largest absolute Gasteiger partial charge is 0.375 e. The van der Waals surface area contributed by atoms with Crippen molar-refractivity contribution in [2.24, 2.45) is 17.6 Å². The van der Waals surface area contributed by atoms with E-state index in [1.54, 1.807) is 0 Å². The van der Waals surface area contributed by atoms with Crippen LogP contribution in [-0.2, 0) is 4.74 Å². The van der Waals surface area contributed by atoms with E-state index in [0.717, 1.165) is 18.4 Å². The molecule has 2 nitrogen and oxygen atoms in total. The van der Waals surface area contributed by atoms with Crippen molar-refractivity contribution in [3.05, 3.63) is 0 Å². The standard InChI is InChI=1S/C17H31NO/c18-16(14-7-4-2-1-3-5-8-14)15-9-12-19-17(13-15)10-6-11-17/h14-16H,1-13,18H2. The second kappa shape index (κ2) is 6.13. The van der Waals surface area contributed by atoms with Crippen molar-refractivity contribution in [1.29, 1.82) is 0 Å². The minimum Gasteiger partial charge on any atom is -0.375 e. The molecule has 0 aromatic carbocycles. The molecule has 1 aliphatic heterocycles. The molecule has 2 unspecified atom stereocenters. The van der Waals surface area contributed by atoms with E-state index in [9.17, 15) is 0 Å². The van der Waals surface area contributed by atoms with E-state index in [4.69, 9.17) is 10.5 Å². The van der Waals surface area contributed by atoms with Crippen LogP contribution in [0.1, 0.15) is 77.0 Å². The van der Waals surface area contributed by atoms with Crippen LogP contribution in [0.2, 0.25) is 0 Å². The summed E-state index contributed by atoms with van der Waals surface area (Å²) in [4.78, 5) is 0. The number of hydrogen-bond acceptors (Lipinski definition) is 2. The first-order valence-corrected chi connectivity index (χ1v) is 8.69. The highest BCUT2D eigenvalue weighted by atomic mass is 16.5. The molecule has 2 aliphatic carbocycles. The van der Waals surface area contributed by atoms with Gasteiger partial charge in [-0.2, -0.15) is 0 Å². The number of rotatable bonds is 2. The van der Waals surface area contributed by atoms with E-state index in [-0.39, 0.29) is 5.60 Å². The first-order valence-electron chi connectivity index (χ1n) is 8.69. The Balaban J connectivity index is 1.56. The molecule has 2 N–H and O–H groups in total. The molecule has 3 fully saturated rings. The molecule has 110 valence electrons. The first-order chi connectivity index (χ1) is 9.29. The summed E-state index contributed by atoms with van der Waals surface area (Å²) in [6.45, 7) is 0.963. The Hall–Kier alpha value is -0.0800. The zero-order valence-corrected chi connectivity index (χ0v) is 12.4. The minimum atomic E-state index is 0.266. The lowest BCUT2D eigenvalue weighted by molar-refractivity contribution is -0.147. The lowest BCUT2D eigenvalue weighted by Gasteiger charge is -2.49. The van der Waals surface area contributed by atoms with Crippen molar-refractivity contribution in [2.75, 3.05) is 6.61 Å². The Bertz CT molecular complexity index is 279. The molecule has 0 radical (unpaired) electrons. The van der Waals surface area contributed by atoms with E-state index >= 15 is 0 Å². The average molecular weight is 265 g/mol. The third-order valence-corrected chi connectivity index (χ3v) is 6.03. The Morgan fingerprint density at radius 1 is 0.842 bits per heavy atom. The Morgan fingerprint density at radius 3 is 2.16 bits per heavy atom. The van der Waals surface area contributed by atoms with E-state index in [2.05, 4.69) is 0 Å². The van der Waals surface area contributed by atoms with Gasteiger partial charge in [-0.1, -0.05) is 32.1 Å². The molecule has 1 saturated heterocycles. The van der Waals surface area contributed by atoms with Crippen LogP contribution >= 0.6 is 0 Å². The lowest BCUT2D eigenvalue weighted by Crippen LogP contribution is -2.51. The quantitative estimate of drug-likeness (QED) is 0.818. The van der Waals surface area contributed by atoms with Crippen LogP contribution in [0, 0.1) is 11.8 Å². The van der Waals surface area contributed by atoms with Crippen LogP contribution in [0.5, 0.6) is 0 Å². The van der Waals surface area contributed by atoms with Crippen LogP contribution < -0.4 is 5.73 Å². The molecule has 1 spiro atoms. The molecule has 0 amide bonds. The second-order valence-electron chi connectivity index (χ2n) is 7.32. The molecule has 0 bridgehead atoms. The molecule has 3 rings (SSSR count). The van der Waals surface area contributed by atoms with Crippen molar-refractivity contribution in [3.63, 3.8) is 0 Å². The number of nitrogens with two attached hydrogens (primary N) is 1. The fraction of sp³-hybridized carbons (Fsp3) is 1.00. The summed E-state index contributed by atoms with van der Waals surface area (Å²) in [5.74, 6) is 1.53. The van der Waals surface area contributed by atoms with Gasteiger partial charge in [0.1, 0.15) is 0 Å². The molecule has 0 aromatic heterocycles. The highest BCUT2D eigenvalue weighted by Gasteiger charge is 2.44. The fourth-order valence-electron chi connectivity index (χ4n) is 4.57. The monoisotopic (exact) mass is 265 g/mol. The summed E-state index contributed by atoms with van der Waals surface area (Å²) in [5.41, 5.74) is 6.95. The third kappa shape index (κ3) is 3.16. The summed E-state index contributed by atoms with van der Waals surface area (Å²) in [6.07, 6.45) is 16.3. The predicted octanol–water partition coefficient (Wildman–Crippen LogP) is 4.02. The summed E-state index contributed by atoms with van der Waals surface area (Å²) < 4.78 is 6.06. The topological polar surface area (TPSA) is 35.2 Å². The van der Waals surface area contributed by atoms with Crippen molar-refractivity contribution in [3.8, 4) is 0 Å². The van der Waals surface area contributed by atoms with Gasteiger partial charge in [-0.25, -0.2) is 0 Å². The maximum atomic E-state index is 6.69. The maximum Gasteiger partial charge on any atom is 0.0685 e. The molecule has 2 saturated carbocycles. The maximum absolute atomic E-state index is 6.69. The van der Waals surface area contributed by atoms with E-state index in [1.165, 1.54) is 77.0 Å². The fourth-order valence-corrected chi connectivity index (χ4v) is 4.57. The minimum absolute atomic E-state index is 0.266. The molecule has 1 heterocycles. The summed E-state index contributed by atoms with van der Waals surface area (Å²) in [7, 11) is 0. The summed E-state index contributed by atoms with van der Waals surface area (Å²) in [6, 6.07) is 0.444. The molecule has 19 heavy (non-hydrogen) atoms. The van der Waals surface area contributed by atoms with Gasteiger partial charge in [-0.15, -0.1) is 0 Å². The van der Waals surface area contributed by atoms with Gasteiger partial charge in [0.2, 0.25) is 0 Å². The van der Waals surface area contributed by atoms with Crippen molar-refractivity contribution in [1.82, 2.24) is 0 Å². The van der Waals surface area contributed by atoms with Crippen LogP contribution in [0.15, 0.2) is 0 Å². The SMILES string of the molecule is NC(C1CCCCCCC1)C1CCOC2(CCC2)C1. The Kier molecular flexibility index (Phi) is 4.48. The van der Waals surface area contributed by atoms with Crippen molar-refractivity contribution < 1.29 is 4.74 Å². The van der Waals surface area contributed by atoms with Gasteiger partial charge in [0.15, 0.2) is 0 Å². The number of hydrogen-bond donors (Lipinski definition) is 1. The van der Waals surface area contributed by atoms with Gasteiger partial charge < -0.3 is 10.5 Å². The van der Waals surface area contributed by atoms with E-state index in [1.807, 2.05) is 0 Å². The first kappa shape index (κ1) is 13.9. The zero-order valence-electron chi connectivity index (χ0n) is 12.4.